The second kappa shape index (κ2) is 9.67. The highest BCUT2D eigenvalue weighted by molar-refractivity contribution is 7.99. The Balaban J connectivity index is 1.70. The van der Waals surface area contributed by atoms with Gasteiger partial charge in [0.1, 0.15) is 10.7 Å². The highest BCUT2D eigenvalue weighted by Crippen LogP contribution is 2.27. The van der Waals surface area contributed by atoms with Crippen LogP contribution in [0.1, 0.15) is 25.3 Å². The first-order valence-electron chi connectivity index (χ1n) is 9.33. The van der Waals surface area contributed by atoms with Crippen molar-refractivity contribution in [3.63, 3.8) is 0 Å². The van der Waals surface area contributed by atoms with Gasteiger partial charge in [-0.3, -0.25) is 4.79 Å². The number of rotatable bonds is 7. The van der Waals surface area contributed by atoms with Crippen LogP contribution >= 0.6 is 23.4 Å². The molecule has 0 atom stereocenters. The molecule has 0 saturated heterocycles. The van der Waals surface area contributed by atoms with Crippen LogP contribution in [0.25, 0.3) is 0 Å². The number of nitrogens with one attached hydrogen (secondary N) is 1. The number of para-hydroxylation sites is 1. The fraction of sp³-hybridized carbons (Fsp3) is 0.190. The zero-order valence-electron chi connectivity index (χ0n) is 16.9. The van der Waals surface area contributed by atoms with E-state index in [1.807, 2.05) is 13.8 Å². The summed E-state index contributed by atoms with van der Waals surface area (Å²) in [5, 5.41) is 3.31. The summed E-state index contributed by atoms with van der Waals surface area (Å²) in [5.74, 6) is -0.177. The number of nitrogen functional groups attached to an aromatic ring is 1. The number of halogens is 1. The van der Waals surface area contributed by atoms with E-state index >= 15 is 0 Å². The standard InChI is InChI=1S/C21H21ClN4O3S2/c1-13(2)14-7-9-15(10-8-14)31(28,29)18-11-24-21(26-20(18)23)30-12-19(27)25-17-6-4-3-5-16(17)22/h3-11,13H,12H2,1-2H3,(H,25,27)(H2,23,24,26). The van der Waals surface area contributed by atoms with Gasteiger partial charge in [0.25, 0.3) is 0 Å². The van der Waals surface area contributed by atoms with Gasteiger partial charge in [-0.15, -0.1) is 0 Å². The van der Waals surface area contributed by atoms with Crippen LogP contribution in [0, 0.1) is 0 Å². The van der Waals surface area contributed by atoms with Crippen LogP contribution in [0.4, 0.5) is 11.5 Å². The van der Waals surface area contributed by atoms with Crippen molar-refractivity contribution in [1.29, 1.82) is 0 Å². The molecule has 3 rings (SSSR count). The fourth-order valence-electron chi connectivity index (χ4n) is 2.68. The maximum Gasteiger partial charge on any atom is 0.234 e. The van der Waals surface area contributed by atoms with Crippen LogP contribution < -0.4 is 11.1 Å². The Kier molecular flexibility index (Phi) is 7.19. The van der Waals surface area contributed by atoms with Crippen LogP contribution in [-0.2, 0) is 14.6 Å². The molecule has 0 aliphatic carbocycles. The number of thioether (sulfide) groups is 1. The molecule has 0 bridgehead atoms. The van der Waals surface area contributed by atoms with Gasteiger partial charge in [0.2, 0.25) is 15.7 Å². The molecule has 7 nitrogen and oxygen atoms in total. The van der Waals surface area contributed by atoms with Gasteiger partial charge in [-0.05, 0) is 35.7 Å². The quantitative estimate of drug-likeness (QED) is 0.383. The normalized spacial score (nSPS) is 11.5. The third-order valence-electron chi connectivity index (χ3n) is 4.39. The molecule has 0 spiro atoms. The number of carbonyl (C=O) groups is 1. The van der Waals surface area contributed by atoms with Crippen molar-refractivity contribution >= 4 is 50.6 Å². The highest BCUT2D eigenvalue weighted by atomic mass is 35.5. The number of benzene rings is 2. The molecule has 10 heteroatoms. The van der Waals surface area contributed by atoms with Crippen LogP contribution in [0.15, 0.2) is 69.7 Å². The van der Waals surface area contributed by atoms with Crippen LogP contribution in [0.5, 0.6) is 0 Å². The van der Waals surface area contributed by atoms with E-state index < -0.39 is 9.84 Å². The molecule has 0 aliphatic rings. The van der Waals surface area contributed by atoms with E-state index in [2.05, 4.69) is 15.3 Å². The largest absolute Gasteiger partial charge is 0.382 e. The maximum atomic E-state index is 12.9. The summed E-state index contributed by atoms with van der Waals surface area (Å²) < 4.78 is 25.8. The number of carbonyl (C=O) groups excluding carboxylic acids is 1. The first-order chi connectivity index (χ1) is 14.7. The van der Waals surface area contributed by atoms with Crippen molar-refractivity contribution in [3.8, 4) is 0 Å². The summed E-state index contributed by atoms with van der Waals surface area (Å²) in [6, 6.07) is 13.5. The number of hydrogen-bond donors (Lipinski definition) is 2. The molecule has 1 heterocycles. The van der Waals surface area contributed by atoms with Gasteiger partial charge in [-0.1, -0.05) is 61.5 Å². The number of nitrogens with two attached hydrogens (primary N) is 1. The Labute approximate surface area is 190 Å². The molecular weight excluding hydrogens is 456 g/mol. The van der Waals surface area contributed by atoms with Crippen molar-refractivity contribution < 1.29 is 13.2 Å². The molecule has 0 aliphatic heterocycles. The smallest absolute Gasteiger partial charge is 0.234 e. The van der Waals surface area contributed by atoms with Crippen molar-refractivity contribution in [2.45, 2.75) is 34.7 Å². The van der Waals surface area contributed by atoms with Crippen molar-refractivity contribution in [2.75, 3.05) is 16.8 Å². The molecule has 3 aromatic rings. The number of anilines is 2. The summed E-state index contributed by atoms with van der Waals surface area (Å²) in [5.41, 5.74) is 7.44. The van der Waals surface area contributed by atoms with Crippen molar-refractivity contribution in [1.82, 2.24) is 9.97 Å². The Hall–Kier alpha value is -2.62. The van der Waals surface area contributed by atoms with E-state index in [0.29, 0.717) is 10.7 Å². The minimum atomic E-state index is -3.86. The summed E-state index contributed by atoms with van der Waals surface area (Å²) >= 11 is 7.06. The second-order valence-electron chi connectivity index (χ2n) is 6.95. The molecule has 162 valence electrons. The van der Waals surface area contributed by atoms with Gasteiger partial charge in [-0.25, -0.2) is 18.4 Å². The average Bonchev–Trinajstić information content (AvgIpc) is 2.74. The summed E-state index contributed by atoms with van der Waals surface area (Å²) in [6.45, 7) is 4.06. The van der Waals surface area contributed by atoms with Crippen molar-refractivity contribution in [3.05, 3.63) is 65.3 Å². The average molecular weight is 477 g/mol. The maximum absolute atomic E-state index is 12.9. The van der Waals surface area contributed by atoms with E-state index in [4.69, 9.17) is 17.3 Å². The minimum Gasteiger partial charge on any atom is -0.382 e. The van der Waals surface area contributed by atoms with E-state index in [9.17, 15) is 13.2 Å². The SMILES string of the molecule is CC(C)c1ccc(S(=O)(=O)c2cnc(SCC(=O)Nc3ccccc3Cl)nc2N)cc1. The molecule has 0 saturated carbocycles. The molecule has 0 unspecified atom stereocenters. The Bertz CT molecular complexity index is 1200. The molecule has 2 aromatic carbocycles. The van der Waals surface area contributed by atoms with Gasteiger partial charge < -0.3 is 11.1 Å². The van der Waals surface area contributed by atoms with E-state index in [-0.39, 0.29) is 38.3 Å². The Morgan fingerprint density at radius 2 is 1.84 bits per heavy atom. The highest BCUT2D eigenvalue weighted by Gasteiger charge is 2.23. The lowest BCUT2D eigenvalue weighted by atomic mass is 10.0. The lowest BCUT2D eigenvalue weighted by Gasteiger charge is -2.10. The number of nitrogens with zero attached hydrogens (tertiary/aromatic N) is 2. The predicted molar refractivity (Wildman–Crippen MR) is 123 cm³/mol. The summed E-state index contributed by atoms with van der Waals surface area (Å²) in [7, 11) is -3.86. The van der Waals surface area contributed by atoms with E-state index in [1.165, 1.54) is 6.20 Å². The monoisotopic (exact) mass is 476 g/mol. The van der Waals surface area contributed by atoms with E-state index in [0.717, 1.165) is 17.3 Å². The minimum absolute atomic E-state index is 0.00737. The lowest BCUT2D eigenvalue weighted by molar-refractivity contribution is -0.113. The third-order valence-corrected chi connectivity index (χ3v) is 7.37. The van der Waals surface area contributed by atoms with Gasteiger partial charge in [-0.2, -0.15) is 0 Å². The topological polar surface area (TPSA) is 115 Å². The molecule has 0 fully saturated rings. The zero-order chi connectivity index (χ0) is 22.6. The van der Waals surface area contributed by atoms with Gasteiger partial charge in [0.05, 0.1) is 27.6 Å². The second-order valence-corrected chi connectivity index (χ2v) is 10.2. The molecule has 3 N–H and O–H groups in total. The van der Waals surface area contributed by atoms with Gasteiger partial charge in [0, 0.05) is 0 Å². The Morgan fingerprint density at radius 1 is 1.16 bits per heavy atom. The summed E-state index contributed by atoms with van der Waals surface area (Å²) in [4.78, 5) is 20.2. The van der Waals surface area contributed by atoms with Crippen LogP contribution in [0.3, 0.4) is 0 Å². The zero-order valence-corrected chi connectivity index (χ0v) is 19.3. The number of aromatic nitrogens is 2. The van der Waals surface area contributed by atoms with Crippen LogP contribution in [-0.4, -0.2) is 30.0 Å². The Morgan fingerprint density at radius 3 is 2.45 bits per heavy atom. The van der Waals surface area contributed by atoms with Gasteiger partial charge >= 0.3 is 0 Å². The number of hydrogen-bond acceptors (Lipinski definition) is 7. The lowest BCUT2D eigenvalue weighted by Crippen LogP contribution is -2.15. The van der Waals surface area contributed by atoms with Crippen LogP contribution in [0.2, 0.25) is 5.02 Å². The summed E-state index contributed by atoms with van der Waals surface area (Å²) in [6.07, 6.45) is 1.17. The fourth-order valence-corrected chi connectivity index (χ4v) is 4.75. The predicted octanol–water partition coefficient (Wildman–Crippen LogP) is 4.40. The van der Waals surface area contributed by atoms with Gasteiger partial charge in [0.15, 0.2) is 5.16 Å². The first-order valence-corrected chi connectivity index (χ1v) is 12.2. The number of sulfone groups is 1. The first kappa shape index (κ1) is 23.1. The third kappa shape index (κ3) is 5.55. The molecule has 0 radical (unpaired) electrons. The molecule has 31 heavy (non-hydrogen) atoms. The van der Waals surface area contributed by atoms with E-state index in [1.54, 1.807) is 48.5 Å². The molecular formula is C21H21ClN4O3S2. The number of amides is 1. The molecule has 1 amide bonds. The van der Waals surface area contributed by atoms with Crippen molar-refractivity contribution in [2.24, 2.45) is 0 Å². The molecule has 1 aromatic heterocycles.